The number of benzene rings is 2. The smallest absolute Gasteiger partial charge is 0.342 e. The lowest BCUT2D eigenvalue weighted by Crippen LogP contribution is -2.36. The Morgan fingerprint density at radius 1 is 1.04 bits per heavy atom. The van der Waals surface area contributed by atoms with Gasteiger partial charge in [-0.3, -0.25) is 4.79 Å². The summed E-state index contributed by atoms with van der Waals surface area (Å²) in [6.45, 7) is 1.62. The molecule has 132 valence electrons. The highest BCUT2D eigenvalue weighted by Crippen LogP contribution is 2.18. The van der Waals surface area contributed by atoms with E-state index in [4.69, 9.17) is 9.47 Å². The van der Waals surface area contributed by atoms with Crippen molar-refractivity contribution in [3.05, 3.63) is 65.7 Å². The third-order valence-electron chi connectivity index (χ3n) is 3.78. The summed E-state index contributed by atoms with van der Waals surface area (Å²) in [4.78, 5) is 24.0. The molecule has 0 heterocycles. The zero-order chi connectivity index (χ0) is 18.1. The van der Waals surface area contributed by atoms with Crippen molar-refractivity contribution in [2.24, 2.45) is 0 Å². The number of nitrogens with one attached hydrogen (secondary N) is 1. The summed E-state index contributed by atoms with van der Waals surface area (Å²) in [6.07, 6.45) is 1.69. The maximum absolute atomic E-state index is 12.0. The van der Waals surface area contributed by atoms with Gasteiger partial charge in [-0.15, -0.1) is 0 Å². The van der Waals surface area contributed by atoms with Crippen LogP contribution in [0.1, 0.15) is 29.3 Å². The van der Waals surface area contributed by atoms with E-state index < -0.39 is 5.97 Å². The molecule has 25 heavy (non-hydrogen) atoms. The summed E-state index contributed by atoms with van der Waals surface area (Å²) in [5.74, 6) is -0.475. The lowest BCUT2D eigenvalue weighted by molar-refractivity contribution is -0.124. The Balaban J connectivity index is 1.75. The monoisotopic (exact) mass is 341 g/mol. The molecule has 5 nitrogen and oxygen atoms in total. The van der Waals surface area contributed by atoms with Crippen molar-refractivity contribution in [3.63, 3.8) is 0 Å². The molecule has 0 aliphatic rings. The zero-order valence-corrected chi connectivity index (χ0v) is 14.5. The third kappa shape index (κ3) is 5.95. The fourth-order valence-electron chi connectivity index (χ4n) is 2.44. The molecular weight excluding hydrogens is 318 g/mol. The number of rotatable bonds is 8. The highest BCUT2D eigenvalue weighted by molar-refractivity contribution is 5.93. The lowest BCUT2D eigenvalue weighted by atomic mass is 10.1. The van der Waals surface area contributed by atoms with Crippen LogP contribution in [0, 0.1) is 0 Å². The molecule has 0 radical (unpaired) electrons. The molecule has 2 rings (SSSR count). The standard InChI is InChI=1S/C20H23NO4/c1-15(12-13-16-8-4-3-5-9-16)21-19(22)14-25-20(23)17-10-6-7-11-18(17)24-2/h3-11,15H,12-14H2,1-2H3,(H,21,22)/t15-/m0/s1. The fraction of sp³-hybridized carbons (Fsp3) is 0.300. The first-order valence-electron chi connectivity index (χ1n) is 8.23. The quantitative estimate of drug-likeness (QED) is 0.750. The number of methoxy groups -OCH3 is 1. The molecule has 5 heteroatoms. The molecule has 0 aliphatic heterocycles. The number of hydrogen-bond acceptors (Lipinski definition) is 4. The second-order valence-corrected chi connectivity index (χ2v) is 5.77. The number of amides is 1. The van der Waals surface area contributed by atoms with E-state index in [1.54, 1.807) is 24.3 Å². The maximum atomic E-state index is 12.0. The summed E-state index contributed by atoms with van der Waals surface area (Å²) in [7, 11) is 1.48. The zero-order valence-electron chi connectivity index (χ0n) is 14.5. The van der Waals surface area contributed by atoms with Crippen LogP contribution in [0.3, 0.4) is 0 Å². The topological polar surface area (TPSA) is 64.6 Å². The van der Waals surface area contributed by atoms with Crippen LogP contribution >= 0.6 is 0 Å². The summed E-state index contributed by atoms with van der Waals surface area (Å²) in [5, 5.41) is 2.84. The van der Waals surface area contributed by atoms with Crippen molar-refractivity contribution in [1.29, 1.82) is 0 Å². The van der Waals surface area contributed by atoms with E-state index in [1.165, 1.54) is 12.7 Å². The molecule has 1 N–H and O–H groups in total. The minimum absolute atomic E-state index is 0.00216. The summed E-state index contributed by atoms with van der Waals surface area (Å²) >= 11 is 0. The van der Waals surface area contributed by atoms with Crippen LogP contribution in [-0.2, 0) is 16.0 Å². The molecule has 0 spiro atoms. The highest BCUT2D eigenvalue weighted by Gasteiger charge is 2.15. The number of hydrogen-bond donors (Lipinski definition) is 1. The Labute approximate surface area is 148 Å². The fourth-order valence-corrected chi connectivity index (χ4v) is 2.44. The number of carbonyl (C=O) groups is 2. The molecule has 0 bridgehead atoms. The molecule has 2 aromatic rings. The highest BCUT2D eigenvalue weighted by atomic mass is 16.5. The van der Waals surface area contributed by atoms with Gasteiger partial charge >= 0.3 is 5.97 Å². The summed E-state index contributed by atoms with van der Waals surface area (Å²) in [5.41, 5.74) is 1.53. The molecule has 1 atom stereocenters. The lowest BCUT2D eigenvalue weighted by Gasteiger charge is -2.14. The molecule has 0 unspecified atom stereocenters. The minimum Gasteiger partial charge on any atom is -0.496 e. The van der Waals surface area contributed by atoms with Crippen LogP contribution in [0.2, 0.25) is 0 Å². The second kappa shape index (κ2) is 9.47. The Hall–Kier alpha value is -2.82. The molecule has 0 aliphatic carbocycles. The number of esters is 1. The van der Waals surface area contributed by atoms with E-state index >= 15 is 0 Å². The molecule has 1 amide bonds. The van der Waals surface area contributed by atoms with Crippen LogP contribution in [0.25, 0.3) is 0 Å². The number of aryl methyl sites for hydroxylation is 1. The Bertz CT molecular complexity index is 700. The van der Waals surface area contributed by atoms with Gasteiger partial charge in [-0.05, 0) is 37.5 Å². The summed E-state index contributed by atoms with van der Waals surface area (Å²) in [6, 6.07) is 16.8. The molecule has 0 saturated carbocycles. The van der Waals surface area contributed by atoms with Crippen molar-refractivity contribution in [3.8, 4) is 5.75 Å². The van der Waals surface area contributed by atoms with E-state index in [-0.39, 0.29) is 18.6 Å². The van der Waals surface area contributed by atoms with Crippen molar-refractivity contribution < 1.29 is 19.1 Å². The van der Waals surface area contributed by atoms with Gasteiger partial charge in [0.1, 0.15) is 11.3 Å². The van der Waals surface area contributed by atoms with Gasteiger partial charge in [0.25, 0.3) is 5.91 Å². The van der Waals surface area contributed by atoms with E-state index in [9.17, 15) is 9.59 Å². The van der Waals surface area contributed by atoms with Crippen molar-refractivity contribution in [2.45, 2.75) is 25.8 Å². The predicted molar refractivity (Wildman–Crippen MR) is 95.6 cm³/mol. The van der Waals surface area contributed by atoms with E-state index in [1.807, 2.05) is 25.1 Å². The summed E-state index contributed by atoms with van der Waals surface area (Å²) < 4.78 is 10.2. The van der Waals surface area contributed by atoms with E-state index in [0.717, 1.165) is 12.8 Å². The Morgan fingerprint density at radius 2 is 1.72 bits per heavy atom. The molecular formula is C20H23NO4. The van der Waals surface area contributed by atoms with Gasteiger partial charge in [0.15, 0.2) is 6.61 Å². The molecule has 0 fully saturated rings. The second-order valence-electron chi connectivity index (χ2n) is 5.77. The van der Waals surface area contributed by atoms with Gasteiger partial charge < -0.3 is 14.8 Å². The minimum atomic E-state index is -0.579. The van der Waals surface area contributed by atoms with Crippen molar-refractivity contribution in [1.82, 2.24) is 5.32 Å². The first-order valence-corrected chi connectivity index (χ1v) is 8.23. The van der Waals surface area contributed by atoms with Crippen molar-refractivity contribution >= 4 is 11.9 Å². The van der Waals surface area contributed by atoms with Gasteiger partial charge in [-0.25, -0.2) is 4.79 Å². The van der Waals surface area contributed by atoms with Crippen molar-refractivity contribution in [2.75, 3.05) is 13.7 Å². The number of para-hydroxylation sites is 1. The third-order valence-corrected chi connectivity index (χ3v) is 3.78. The molecule has 0 aromatic heterocycles. The predicted octanol–water partition coefficient (Wildman–Crippen LogP) is 2.99. The first kappa shape index (κ1) is 18.5. The van der Waals surface area contributed by atoms with Gasteiger partial charge in [-0.1, -0.05) is 42.5 Å². The Kier molecular flexibility index (Phi) is 7.01. The molecule has 2 aromatic carbocycles. The molecule has 0 saturated heterocycles. The SMILES string of the molecule is COc1ccccc1C(=O)OCC(=O)N[C@@H](C)CCc1ccccc1. The van der Waals surface area contributed by atoms with Crippen LogP contribution in [0.15, 0.2) is 54.6 Å². The number of carbonyl (C=O) groups excluding carboxylic acids is 2. The maximum Gasteiger partial charge on any atom is 0.342 e. The number of ether oxygens (including phenoxy) is 2. The van der Waals surface area contributed by atoms with Gasteiger partial charge in [0, 0.05) is 6.04 Å². The Morgan fingerprint density at radius 3 is 2.44 bits per heavy atom. The van der Waals surface area contributed by atoms with E-state index in [2.05, 4.69) is 17.4 Å². The first-order chi connectivity index (χ1) is 12.1. The van der Waals surface area contributed by atoms with Crippen LogP contribution in [0.4, 0.5) is 0 Å². The van der Waals surface area contributed by atoms with Crippen LogP contribution < -0.4 is 10.1 Å². The largest absolute Gasteiger partial charge is 0.496 e. The van der Waals surface area contributed by atoms with Gasteiger partial charge in [0.2, 0.25) is 0 Å². The van der Waals surface area contributed by atoms with Gasteiger partial charge in [-0.2, -0.15) is 0 Å². The van der Waals surface area contributed by atoms with Crippen LogP contribution in [-0.4, -0.2) is 31.6 Å². The van der Waals surface area contributed by atoms with E-state index in [0.29, 0.717) is 11.3 Å². The average molecular weight is 341 g/mol. The van der Waals surface area contributed by atoms with Crippen LogP contribution in [0.5, 0.6) is 5.75 Å². The normalized spacial score (nSPS) is 11.4. The van der Waals surface area contributed by atoms with Gasteiger partial charge in [0.05, 0.1) is 7.11 Å². The average Bonchev–Trinajstić information content (AvgIpc) is 2.65.